The van der Waals surface area contributed by atoms with Gasteiger partial charge in [-0.3, -0.25) is 4.72 Å². The van der Waals surface area contributed by atoms with Gasteiger partial charge in [-0.15, -0.1) is 0 Å². The van der Waals surface area contributed by atoms with Gasteiger partial charge in [-0.25, -0.2) is 34.9 Å². The van der Waals surface area contributed by atoms with E-state index in [2.05, 4.69) is 0 Å². The molecular weight excluding hydrogens is 420 g/mol. The Labute approximate surface area is 150 Å². The van der Waals surface area contributed by atoms with Crippen molar-refractivity contribution in [2.24, 2.45) is 0 Å². The van der Waals surface area contributed by atoms with Crippen molar-refractivity contribution in [3.8, 4) is 5.75 Å². The second-order valence-electron chi connectivity index (χ2n) is 5.38. The molecule has 0 aliphatic rings. The maximum Gasteiger partial charge on any atom is 0.373 e. The average Bonchev–Trinajstić information content (AvgIpc) is 2.52. The molecule has 0 heterocycles. The molecule has 13 heteroatoms. The summed E-state index contributed by atoms with van der Waals surface area (Å²) >= 11 is 0. The Morgan fingerprint density at radius 3 is 1.96 bits per heavy atom. The Bertz CT molecular complexity index is 1040. The van der Waals surface area contributed by atoms with Crippen LogP contribution in [0.3, 0.4) is 0 Å². The molecule has 0 spiro atoms. The third kappa shape index (κ3) is 4.40. The summed E-state index contributed by atoms with van der Waals surface area (Å²) < 4.78 is 109. The minimum atomic E-state index is -5.24. The summed E-state index contributed by atoms with van der Waals surface area (Å²) in [6, 6.07) is 3.23. The van der Waals surface area contributed by atoms with Gasteiger partial charge in [-0.1, -0.05) is 6.07 Å². The number of rotatable bonds is 5. The first-order valence-corrected chi connectivity index (χ1v) is 10.4. The van der Waals surface area contributed by atoms with E-state index in [0.29, 0.717) is 5.56 Å². The quantitative estimate of drug-likeness (QED) is 0.326. The first-order valence-electron chi connectivity index (χ1n) is 6.89. The second-order valence-corrected chi connectivity index (χ2v) is 8.79. The molecule has 0 aromatic heterocycles. The number of anilines is 1. The minimum absolute atomic E-state index is 0.235. The molecule has 0 saturated carbocycles. The topological polar surface area (TPSA) is 92.7 Å². The first kappa shape index (κ1) is 21.1. The van der Waals surface area contributed by atoms with E-state index in [9.17, 15) is 39.8 Å². The lowest BCUT2D eigenvalue weighted by Gasteiger charge is -2.14. The number of nitrogens with one attached hydrogen (secondary N) is 1. The highest BCUT2D eigenvalue weighted by atomic mass is 32.2. The minimum Gasteiger partial charge on any atom is -0.424 e. The molecule has 2 aromatic rings. The Hall–Kier alpha value is -2.17. The van der Waals surface area contributed by atoms with Crippen LogP contribution in [0.25, 0.3) is 0 Å². The second kappa shape index (κ2) is 7.10. The molecule has 0 bridgehead atoms. The highest BCUT2D eigenvalue weighted by Gasteiger charge is 2.33. The molecule has 0 amide bonds. The van der Waals surface area contributed by atoms with Crippen LogP contribution in [0.4, 0.5) is 27.6 Å². The van der Waals surface area contributed by atoms with E-state index < -0.39 is 57.3 Å². The predicted octanol–water partition coefficient (Wildman–Crippen LogP) is 3.69. The average molecular weight is 431 g/mol. The van der Waals surface area contributed by atoms with Gasteiger partial charge in [0, 0.05) is 12.7 Å². The van der Waals surface area contributed by atoms with Crippen LogP contribution in [-0.2, 0) is 14.6 Å². The fourth-order valence-corrected chi connectivity index (χ4v) is 3.72. The fraction of sp³-hybridized carbons (Fsp3) is 0.143. The van der Waals surface area contributed by atoms with Gasteiger partial charge in [-0.05, 0) is 18.6 Å². The third-order valence-electron chi connectivity index (χ3n) is 3.15. The van der Waals surface area contributed by atoms with E-state index in [4.69, 9.17) is 4.52 Å². The summed E-state index contributed by atoms with van der Waals surface area (Å²) in [4.78, 5) is 7.17. The Kier molecular flexibility index (Phi) is 5.56. The zero-order chi connectivity index (χ0) is 20.7. The van der Waals surface area contributed by atoms with Crippen molar-refractivity contribution >= 4 is 23.3 Å². The van der Waals surface area contributed by atoms with Gasteiger partial charge >= 0.3 is 7.60 Å². The fourth-order valence-electron chi connectivity index (χ4n) is 1.97. The molecule has 6 nitrogen and oxygen atoms in total. The van der Waals surface area contributed by atoms with Crippen molar-refractivity contribution in [2.45, 2.75) is 11.8 Å². The van der Waals surface area contributed by atoms with Crippen molar-refractivity contribution in [3.63, 3.8) is 0 Å². The molecule has 148 valence electrons. The normalized spacial score (nSPS) is 13.9. The monoisotopic (exact) mass is 431 g/mol. The van der Waals surface area contributed by atoms with Crippen LogP contribution in [0.2, 0.25) is 0 Å². The van der Waals surface area contributed by atoms with Gasteiger partial charge in [0.15, 0.2) is 28.2 Å². The summed E-state index contributed by atoms with van der Waals surface area (Å²) in [6.45, 7) is 2.31. The third-order valence-corrected chi connectivity index (χ3v) is 5.08. The van der Waals surface area contributed by atoms with Gasteiger partial charge in [0.2, 0.25) is 5.82 Å². The molecule has 1 unspecified atom stereocenters. The molecule has 1 atom stereocenters. The highest BCUT2D eigenvalue weighted by Crippen LogP contribution is 2.40. The van der Waals surface area contributed by atoms with Crippen molar-refractivity contribution in [1.29, 1.82) is 0 Å². The van der Waals surface area contributed by atoms with E-state index >= 15 is 0 Å². The maximum atomic E-state index is 13.7. The number of aryl methyl sites for hydroxylation is 1. The summed E-state index contributed by atoms with van der Waals surface area (Å²) in [5.41, 5.74) is -0.0988. The summed E-state index contributed by atoms with van der Waals surface area (Å²) in [6.07, 6.45) is 0. The highest BCUT2D eigenvalue weighted by molar-refractivity contribution is 7.92. The van der Waals surface area contributed by atoms with E-state index in [-0.39, 0.29) is 5.75 Å². The van der Waals surface area contributed by atoms with Crippen molar-refractivity contribution in [2.75, 3.05) is 11.4 Å². The smallest absolute Gasteiger partial charge is 0.373 e. The first-order chi connectivity index (χ1) is 12.2. The molecule has 0 aliphatic heterocycles. The van der Waals surface area contributed by atoms with Gasteiger partial charge < -0.3 is 9.42 Å². The van der Waals surface area contributed by atoms with Crippen LogP contribution in [-0.4, -0.2) is 20.0 Å². The predicted molar refractivity (Wildman–Crippen MR) is 84.6 cm³/mol. The van der Waals surface area contributed by atoms with Crippen LogP contribution in [0.5, 0.6) is 5.75 Å². The molecule has 0 radical (unpaired) electrons. The summed E-state index contributed by atoms with van der Waals surface area (Å²) in [5.74, 6) is -12.6. The van der Waals surface area contributed by atoms with E-state index in [0.717, 1.165) is 18.8 Å². The van der Waals surface area contributed by atoms with Gasteiger partial charge in [-0.2, -0.15) is 0 Å². The van der Waals surface area contributed by atoms with Gasteiger partial charge in [0.25, 0.3) is 10.0 Å². The Balaban J connectivity index is 2.53. The van der Waals surface area contributed by atoms with Crippen molar-refractivity contribution in [3.05, 3.63) is 52.8 Å². The van der Waals surface area contributed by atoms with Gasteiger partial charge in [0.1, 0.15) is 5.75 Å². The molecule has 0 saturated heterocycles. The number of sulfonamides is 1. The Morgan fingerprint density at radius 2 is 1.48 bits per heavy atom. The molecule has 2 aromatic carbocycles. The number of halogens is 5. The molecular formula is C14H11F5NO5PS. The zero-order valence-electron chi connectivity index (χ0n) is 13.6. The standard InChI is InChI=1S/C14H11F5NO5PS/c1-6-3-4-7(5-8(6)25-26(2,21)22)20-27(23,24)14-12(18)10(16)9(15)11(17)13(14)19/h3-5,20H,1-2H3,(H,21,22). The Morgan fingerprint density at radius 1 is 1.00 bits per heavy atom. The molecule has 2 N–H and O–H groups in total. The molecule has 0 fully saturated rings. The van der Waals surface area contributed by atoms with E-state index in [1.807, 2.05) is 0 Å². The van der Waals surface area contributed by atoms with E-state index in [1.165, 1.54) is 13.0 Å². The number of hydrogen-bond acceptors (Lipinski definition) is 4. The zero-order valence-corrected chi connectivity index (χ0v) is 15.3. The SMILES string of the molecule is Cc1ccc(NS(=O)(=O)c2c(F)c(F)c(F)c(F)c2F)cc1OP(C)(=O)O. The largest absolute Gasteiger partial charge is 0.424 e. The molecule has 27 heavy (non-hydrogen) atoms. The number of benzene rings is 2. The van der Waals surface area contributed by atoms with Gasteiger partial charge in [0.05, 0.1) is 5.69 Å². The summed E-state index contributed by atoms with van der Waals surface area (Å²) in [7, 11) is -9.26. The van der Waals surface area contributed by atoms with Crippen LogP contribution in [0, 0.1) is 36.0 Å². The molecule has 0 aliphatic carbocycles. The van der Waals surface area contributed by atoms with Crippen LogP contribution >= 0.6 is 7.60 Å². The summed E-state index contributed by atoms with van der Waals surface area (Å²) in [5, 5.41) is 0. The van der Waals surface area contributed by atoms with E-state index in [1.54, 1.807) is 4.72 Å². The van der Waals surface area contributed by atoms with Crippen molar-refractivity contribution < 1.29 is 44.4 Å². The van der Waals surface area contributed by atoms with Crippen LogP contribution in [0.1, 0.15) is 5.56 Å². The van der Waals surface area contributed by atoms with Crippen LogP contribution < -0.4 is 9.25 Å². The number of hydrogen-bond donors (Lipinski definition) is 2. The van der Waals surface area contributed by atoms with Crippen LogP contribution in [0.15, 0.2) is 23.1 Å². The lowest BCUT2D eigenvalue weighted by molar-refractivity contribution is 0.358. The van der Waals surface area contributed by atoms with Crippen molar-refractivity contribution in [1.82, 2.24) is 0 Å². The lowest BCUT2D eigenvalue weighted by atomic mass is 10.2. The molecule has 2 rings (SSSR count). The lowest BCUT2D eigenvalue weighted by Crippen LogP contribution is -2.19. The maximum absolute atomic E-state index is 13.7.